The summed E-state index contributed by atoms with van der Waals surface area (Å²) >= 11 is 0. The van der Waals surface area contributed by atoms with Crippen LogP contribution in [0.2, 0.25) is 0 Å². The van der Waals surface area contributed by atoms with E-state index in [9.17, 15) is 4.79 Å². The van der Waals surface area contributed by atoms with Crippen LogP contribution in [0, 0.1) is 0 Å². The summed E-state index contributed by atoms with van der Waals surface area (Å²) in [6.07, 6.45) is 0. The van der Waals surface area contributed by atoms with Crippen LogP contribution in [0.4, 0.5) is 0 Å². The smallest absolute Gasteiger partial charge is 0.263 e. The second kappa shape index (κ2) is 8.66. The van der Waals surface area contributed by atoms with Crippen molar-refractivity contribution in [1.29, 1.82) is 0 Å². The van der Waals surface area contributed by atoms with Crippen LogP contribution in [0.5, 0.6) is 11.5 Å². The molecule has 0 bridgehead atoms. The topological polar surface area (TPSA) is 31.2 Å². The van der Waals surface area contributed by atoms with Crippen molar-refractivity contribution in [2.24, 2.45) is 0 Å². The molecule has 7 aromatic carbocycles. The van der Waals surface area contributed by atoms with Gasteiger partial charge in [0, 0.05) is 10.8 Å². The monoisotopic (exact) mass is 537 g/mol. The predicted octanol–water partition coefficient (Wildman–Crippen LogP) is 9.89. The summed E-state index contributed by atoms with van der Waals surface area (Å²) in [5, 5.41) is 7.34. The van der Waals surface area contributed by atoms with Gasteiger partial charge in [0.15, 0.2) is 11.5 Å². The van der Waals surface area contributed by atoms with E-state index in [1.807, 2.05) is 34.9 Å². The quantitative estimate of drug-likeness (QED) is 0.206. The first-order valence-electron chi connectivity index (χ1n) is 14.1. The number of pyridine rings is 1. The summed E-state index contributed by atoms with van der Waals surface area (Å²) in [6.45, 7) is 0. The van der Waals surface area contributed by atoms with Crippen molar-refractivity contribution in [1.82, 2.24) is 4.57 Å². The molecule has 196 valence electrons. The first kappa shape index (κ1) is 23.1. The molecule has 42 heavy (non-hydrogen) atoms. The Kier molecular flexibility index (Phi) is 4.76. The Morgan fingerprint density at radius 1 is 0.452 bits per heavy atom. The number of rotatable bonds is 2. The fourth-order valence-corrected chi connectivity index (χ4v) is 6.65. The average Bonchev–Trinajstić information content (AvgIpc) is 3.05. The molecule has 0 N–H and O–H groups in total. The van der Waals surface area contributed by atoms with Gasteiger partial charge in [-0.3, -0.25) is 9.36 Å². The van der Waals surface area contributed by atoms with Gasteiger partial charge >= 0.3 is 0 Å². The Morgan fingerprint density at radius 2 is 1.02 bits per heavy atom. The minimum atomic E-state index is -0.0419. The summed E-state index contributed by atoms with van der Waals surface area (Å²) in [5.41, 5.74) is 5.87. The second-order valence-electron chi connectivity index (χ2n) is 10.9. The minimum Gasteiger partial charge on any atom is -0.453 e. The molecule has 0 unspecified atom stereocenters. The lowest BCUT2D eigenvalue weighted by atomic mass is 9.94. The van der Waals surface area contributed by atoms with Crippen molar-refractivity contribution in [3.8, 4) is 39.4 Å². The van der Waals surface area contributed by atoms with E-state index in [1.54, 1.807) is 0 Å². The zero-order valence-corrected chi connectivity index (χ0v) is 22.5. The molecule has 0 radical (unpaired) electrons. The zero-order valence-electron chi connectivity index (χ0n) is 22.5. The zero-order chi connectivity index (χ0) is 27.8. The highest BCUT2D eigenvalue weighted by atomic mass is 16.5. The fraction of sp³-hybridized carbons (Fsp3) is 0. The Hall–Kier alpha value is -5.67. The van der Waals surface area contributed by atoms with E-state index >= 15 is 0 Å². The molecule has 0 saturated carbocycles. The number of aromatic nitrogens is 1. The molecule has 1 aliphatic rings. The van der Waals surface area contributed by atoms with Crippen molar-refractivity contribution >= 4 is 43.2 Å². The van der Waals surface area contributed by atoms with Gasteiger partial charge in [-0.2, -0.15) is 0 Å². The van der Waals surface area contributed by atoms with Crippen LogP contribution in [-0.4, -0.2) is 4.57 Å². The first-order valence-corrected chi connectivity index (χ1v) is 14.1. The Balaban J connectivity index is 1.35. The van der Waals surface area contributed by atoms with Gasteiger partial charge in [-0.1, -0.05) is 109 Å². The van der Waals surface area contributed by atoms with Crippen LogP contribution in [0.25, 0.3) is 71.2 Å². The molecule has 1 aliphatic heterocycles. The lowest BCUT2D eigenvalue weighted by Crippen LogP contribution is -2.22. The number of hydrogen-bond donors (Lipinski definition) is 0. The van der Waals surface area contributed by atoms with E-state index in [1.165, 1.54) is 21.5 Å². The molecule has 9 rings (SSSR count). The lowest BCUT2D eigenvalue weighted by molar-refractivity contribution is 0.474. The van der Waals surface area contributed by atoms with Crippen LogP contribution in [-0.2, 0) is 0 Å². The highest BCUT2D eigenvalue weighted by Gasteiger charge is 2.25. The van der Waals surface area contributed by atoms with Gasteiger partial charge in [-0.25, -0.2) is 0 Å². The van der Waals surface area contributed by atoms with Crippen molar-refractivity contribution in [3.63, 3.8) is 0 Å². The number of benzene rings is 7. The standard InChI is InChI=1S/C39H23NO2/c41-39-33-16-6-5-15-32(33)34-21-27(31-18-8-12-25-10-2-4-14-29(25)31)23-37-38(34)40(39)35-20-19-26(22-36(35)42-37)30-17-7-11-24-9-1-3-13-28(24)30/h1-23H. The molecule has 3 nitrogen and oxygen atoms in total. The van der Waals surface area contributed by atoms with Crippen molar-refractivity contribution in [2.75, 3.05) is 0 Å². The van der Waals surface area contributed by atoms with E-state index in [4.69, 9.17) is 4.74 Å². The van der Waals surface area contributed by atoms with Gasteiger partial charge in [0.1, 0.15) is 0 Å². The van der Waals surface area contributed by atoms with Crippen LogP contribution in [0.3, 0.4) is 0 Å². The first-order chi connectivity index (χ1) is 20.7. The van der Waals surface area contributed by atoms with Crippen LogP contribution >= 0.6 is 0 Å². The summed E-state index contributed by atoms with van der Waals surface area (Å²) in [4.78, 5) is 14.1. The molecule has 2 heterocycles. The predicted molar refractivity (Wildman–Crippen MR) is 173 cm³/mol. The molecule has 0 saturated heterocycles. The van der Waals surface area contributed by atoms with E-state index in [0.717, 1.165) is 44.2 Å². The van der Waals surface area contributed by atoms with Gasteiger partial charge in [0.05, 0.1) is 11.2 Å². The van der Waals surface area contributed by atoms with Gasteiger partial charge in [0.2, 0.25) is 0 Å². The molecular weight excluding hydrogens is 514 g/mol. The third-order valence-corrected chi connectivity index (χ3v) is 8.57. The van der Waals surface area contributed by atoms with Crippen molar-refractivity contribution < 1.29 is 4.74 Å². The maximum absolute atomic E-state index is 14.1. The van der Waals surface area contributed by atoms with E-state index in [2.05, 4.69) is 109 Å². The van der Waals surface area contributed by atoms with Crippen molar-refractivity contribution in [2.45, 2.75) is 0 Å². The summed E-state index contributed by atoms with van der Waals surface area (Å²) in [5.74, 6) is 1.35. The summed E-state index contributed by atoms with van der Waals surface area (Å²) in [7, 11) is 0. The SMILES string of the molecule is O=c1c2ccccc2c2cc(-c3cccc4ccccc34)cc3c2n1-c1ccc(-c2cccc4ccccc24)cc1O3. The maximum Gasteiger partial charge on any atom is 0.263 e. The van der Waals surface area contributed by atoms with Crippen LogP contribution in [0.15, 0.2) is 144 Å². The Morgan fingerprint density at radius 3 is 1.74 bits per heavy atom. The van der Waals surface area contributed by atoms with E-state index in [0.29, 0.717) is 16.9 Å². The molecule has 0 amide bonds. The third kappa shape index (κ3) is 3.25. The largest absolute Gasteiger partial charge is 0.453 e. The normalized spacial score (nSPS) is 12.1. The highest BCUT2D eigenvalue weighted by molar-refractivity contribution is 6.11. The van der Waals surface area contributed by atoms with Gasteiger partial charge < -0.3 is 4.74 Å². The highest BCUT2D eigenvalue weighted by Crippen LogP contribution is 2.45. The van der Waals surface area contributed by atoms with Crippen LogP contribution in [0.1, 0.15) is 0 Å². The van der Waals surface area contributed by atoms with Crippen molar-refractivity contribution in [3.05, 3.63) is 150 Å². The van der Waals surface area contributed by atoms with Gasteiger partial charge in [-0.05, 0) is 79.5 Å². The molecule has 1 aromatic heterocycles. The fourth-order valence-electron chi connectivity index (χ4n) is 6.65. The van der Waals surface area contributed by atoms with E-state index in [-0.39, 0.29) is 5.56 Å². The maximum atomic E-state index is 14.1. The second-order valence-corrected chi connectivity index (χ2v) is 10.9. The van der Waals surface area contributed by atoms with E-state index < -0.39 is 0 Å². The molecule has 0 atom stereocenters. The van der Waals surface area contributed by atoms with Gasteiger partial charge in [0.25, 0.3) is 5.56 Å². The molecule has 0 aliphatic carbocycles. The average molecular weight is 538 g/mol. The number of fused-ring (bicyclic) bond motifs is 6. The molecule has 0 fully saturated rings. The minimum absolute atomic E-state index is 0.0419. The molecule has 3 heteroatoms. The molecule has 8 aromatic rings. The Labute approximate surface area is 241 Å². The summed E-state index contributed by atoms with van der Waals surface area (Å²) < 4.78 is 8.58. The number of hydrogen-bond acceptors (Lipinski definition) is 2. The number of nitrogens with zero attached hydrogens (tertiary/aromatic N) is 1. The summed E-state index contributed by atoms with van der Waals surface area (Å²) in [6, 6.07) is 47.9. The molecule has 0 spiro atoms. The third-order valence-electron chi connectivity index (χ3n) is 8.57. The lowest BCUT2D eigenvalue weighted by Gasteiger charge is -2.25. The van der Waals surface area contributed by atoms with Crippen LogP contribution < -0.4 is 10.3 Å². The Bertz CT molecular complexity index is 2460. The number of ether oxygens (including phenoxy) is 1. The van der Waals surface area contributed by atoms with Gasteiger partial charge in [-0.15, -0.1) is 0 Å². The molecular formula is C39H23NO2.